The SMILES string of the molecule is Cc1c(N)cccc1N1CCS(=O)(=O)CC1. The summed E-state index contributed by atoms with van der Waals surface area (Å²) in [6.07, 6.45) is 0. The lowest BCUT2D eigenvalue weighted by Gasteiger charge is -2.30. The van der Waals surface area contributed by atoms with Crippen molar-refractivity contribution in [2.75, 3.05) is 35.2 Å². The van der Waals surface area contributed by atoms with Crippen molar-refractivity contribution in [3.63, 3.8) is 0 Å². The van der Waals surface area contributed by atoms with Crippen LogP contribution < -0.4 is 10.6 Å². The molecule has 1 aliphatic rings. The molecule has 4 nitrogen and oxygen atoms in total. The second kappa shape index (κ2) is 3.97. The molecule has 1 aromatic carbocycles. The van der Waals surface area contributed by atoms with Gasteiger partial charge in [-0.1, -0.05) is 6.07 Å². The standard InChI is InChI=1S/C11H16N2O2S/c1-9-10(12)3-2-4-11(9)13-5-7-16(14,15)8-6-13/h2-4H,5-8,12H2,1H3. The summed E-state index contributed by atoms with van der Waals surface area (Å²) in [4.78, 5) is 2.09. The molecule has 5 heteroatoms. The van der Waals surface area contributed by atoms with Gasteiger partial charge in [-0.25, -0.2) is 8.42 Å². The van der Waals surface area contributed by atoms with Crippen molar-refractivity contribution in [3.8, 4) is 0 Å². The number of nitrogen functional groups attached to an aromatic ring is 1. The molecule has 0 aromatic heterocycles. The zero-order chi connectivity index (χ0) is 11.8. The first-order valence-electron chi connectivity index (χ1n) is 5.30. The number of sulfone groups is 1. The van der Waals surface area contributed by atoms with Crippen LogP contribution in [0, 0.1) is 6.92 Å². The van der Waals surface area contributed by atoms with Crippen LogP contribution >= 0.6 is 0 Å². The zero-order valence-corrected chi connectivity index (χ0v) is 10.1. The van der Waals surface area contributed by atoms with E-state index in [0.717, 1.165) is 16.9 Å². The summed E-state index contributed by atoms with van der Waals surface area (Å²) in [6.45, 7) is 3.09. The quantitative estimate of drug-likeness (QED) is 0.738. The van der Waals surface area contributed by atoms with E-state index in [1.807, 2.05) is 25.1 Å². The number of nitrogens with two attached hydrogens (primary N) is 1. The highest BCUT2D eigenvalue weighted by Gasteiger charge is 2.22. The van der Waals surface area contributed by atoms with Gasteiger partial charge < -0.3 is 10.6 Å². The summed E-state index contributed by atoms with van der Waals surface area (Å²) in [5, 5.41) is 0. The number of nitrogens with zero attached hydrogens (tertiary/aromatic N) is 1. The van der Waals surface area contributed by atoms with Crippen LogP contribution in [0.4, 0.5) is 11.4 Å². The van der Waals surface area contributed by atoms with E-state index in [0.29, 0.717) is 13.1 Å². The van der Waals surface area contributed by atoms with Gasteiger partial charge in [-0.05, 0) is 24.6 Å². The van der Waals surface area contributed by atoms with Crippen LogP contribution in [0.3, 0.4) is 0 Å². The molecule has 0 bridgehead atoms. The Labute approximate surface area is 96.0 Å². The summed E-state index contributed by atoms with van der Waals surface area (Å²) in [6, 6.07) is 5.75. The monoisotopic (exact) mass is 240 g/mol. The summed E-state index contributed by atoms with van der Waals surface area (Å²) in [5.74, 6) is 0.475. The molecule has 1 heterocycles. The van der Waals surface area contributed by atoms with Gasteiger partial charge in [0.2, 0.25) is 0 Å². The maximum atomic E-state index is 11.3. The van der Waals surface area contributed by atoms with E-state index >= 15 is 0 Å². The van der Waals surface area contributed by atoms with Gasteiger partial charge in [0.05, 0.1) is 11.5 Å². The molecular formula is C11H16N2O2S. The highest BCUT2D eigenvalue weighted by atomic mass is 32.2. The van der Waals surface area contributed by atoms with Crippen LogP contribution in [0.15, 0.2) is 18.2 Å². The summed E-state index contributed by atoms with van der Waals surface area (Å²) < 4.78 is 22.7. The Hall–Kier alpha value is -1.23. The highest BCUT2D eigenvalue weighted by molar-refractivity contribution is 7.91. The van der Waals surface area contributed by atoms with Gasteiger partial charge in [0.25, 0.3) is 0 Å². The Morgan fingerprint density at radius 3 is 2.50 bits per heavy atom. The maximum absolute atomic E-state index is 11.3. The van der Waals surface area contributed by atoms with Crippen molar-refractivity contribution in [3.05, 3.63) is 23.8 Å². The van der Waals surface area contributed by atoms with Crippen molar-refractivity contribution in [1.29, 1.82) is 0 Å². The van der Waals surface area contributed by atoms with E-state index in [2.05, 4.69) is 4.90 Å². The minimum absolute atomic E-state index is 0.237. The molecule has 1 fully saturated rings. The molecule has 2 rings (SSSR count). The molecule has 1 aromatic rings. The maximum Gasteiger partial charge on any atom is 0.153 e. The lowest BCUT2D eigenvalue weighted by molar-refractivity contribution is 0.586. The number of hydrogen-bond acceptors (Lipinski definition) is 4. The number of rotatable bonds is 1. The van der Waals surface area contributed by atoms with Crippen molar-refractivity contribution < 1.29 is 8.42 Å². The van der Waals surface area contributed by atoms with E-state index < -0.39 is 9.84 Å². The average molecular weight is 240 g/mol. The van der Waals surface area contributed by atoms with E-state index in [-0.39, 0.29) is 11.5 Å². The van der Waals surface area contributed by atoms with Crippen molar-refractivity contribution in [1.82, 2.24) is 0 Å². The molecule has 0 unspecified atom stereocenters. The minimum atomic E-state index is -2.82. The van der Waals surface area contributed by atoms with Crippen molar-refractivity contribution in [2.45, 2.75) is 6.92 Å². The number of hydrogen-bond donors (Lipinski definition) is 1. The van der Waals surface area contributed by atoms with Gasteiger partial charge in [0, 0.05) is 24.5 Å². The average Bonchev–Trinajstić information content (AvgIpc) is 2.23. The van der Waals surface area contributed by atoms with Crippen molar-refractivity contribution in [2.24, 2.45) is 0 Å². The zero-order valence-electron chi connectivity index (χ0n) is 9.31. The topological polar surface area (TPSA) is 63.4 Å². The van der Waals surface area contributed by atoms with Crippen LogP contribution in [0.5, 0.6) is 0 Å². The second-order valence-corrected chi connectivity index (χ2v) is 6.43. The lowest BCUT2D eigenvalue weighted by atomic mass is 10.1. The first kappa shape index (κ1) is 11.3. The van der Waals surface area contributed by atoms with E-state index in [4.69, 9.17) is 5.73 Å². The molecule has 16 heavy (non-hydrogen) atoms. The Morgan fingerprint density at radius 1 is 1.25 bits per heavy atom. The molecule has 0 saturated carbocycles. The van der Waals surface area contributed by atoms with Gasteiger partial charge in [0.1, 0.15) is 0 Å². The first-order chi connectivity index (χ1) is 7.49. The molecule has 0 radical (unpaired) electrons. The molecule has 2 N–H and O–H groups in total. The highest BCUT2D eigenvalue weighted by Crippen LogP contribution is 2.25. The van der Waals surface area contributed by atoms with Crippen molar-refractivity contribution >= 4 is 21.2 Å². The Balaban J connectivity index is 2.24. The van der Waals surface area contributed by atoms with Crippen LogP contribution in [0.2, 0.25) is 0 Å². The van der Waals surface area contributed by atoms with Crippen LogP contribution in [0.1, 0.15) is 5.56 Å². The molecule has 0 atom stereocenters. The smallest absolute Gasteiger partial charge is 0.153 e. The third kappa shape index (κ3) is 2.14. The van der Waals surface area contributed by atoms with Gasteiger partial charge in [0.15, 0.2) is 9.84 Å². The normalized spacial score (nSPS) is 19.7. The van der Waals surface area contributed by atoms with Crippen LogP contribution in [0.25, 0.3) is 0 Å². The number of anilines is 2. The van der Waals surface area contributed by atoms with Gasteiger partial charge in [-0.3, -0.25) is 0 Å². The fourth-order valence-corrected chi connectivity index (χ4v) is 3.14. The van der Waals surface area contributed by atoms with Crippen LogP contribution in [-0.4, -0.2) is 33.0 Å². The van der Waals surface area contributed by atoms with Crippen LogP contribution in [-0.2, 0) is 9.84 Å². The molecule has 1 aliphatic heterocycles. The first-order valence-corrected chi connectivity index (χ1v) is 7.12. The Bertz CT molecular complexity index is 483. The van der Waals surface area contributed by atoms with Gasteiger partial charge in [-0.15, -0.1) is 0 Å². The largest absolute Gasteiger partial charge is 0.398 e. The Morgan fingerprint density at radius 2 is 1.88 bits per heavy atom. The fraction of sp³-hybridized carbons (Fsp3) is 0.455. The van der Waals surface area contributed by atoms with Gasteiger partial charge >= 0.3 is 0 Å². The predicted molar refractivity (Wildman–Crippen MR) is 66.5 cm³/mol. The predicted octanol–water partition coefficient (Wildman–Crippen LogP) is 0.812. The molecular weight excluding hydrogens is 224 g/mol. The molecule has 0 amide bonds. The van der Waals surface area contributed by atoms with Gasteiger partial charge in [-0.2, -0.15) is 0 Å². The lowest BCUT2D eigenvalue weighted by Crippen LogP contribution is -2.40. The summed E-state index contributed by atoms with van der Waals surface area (Å²) >= 11 is 0. The number of benzene rings is 1. The third-order valence-corrected chi connectivity index (χ3v) is 4.64. The fourth-order valence-electron chi connectivity index (χ4n) is 1.94. The van der Waals surface area contributed by atoms with E-state index in [1.54, 1.807) is 0 Å². The minimum Gasteiger partial charge on any atom is -0.398 e. The Kier molecular flexibility index (Phi) is 2.80. The third-order valence-electron chi connectivity index (χ3n) is 3.03. The summed E-state index contributed by atoms with van der Waals surface area (Å²) in [7, 11) is -2.82. The van der Waals surface area contributed by atoms with E-state index in [1.165, 1.54) is 0 Å². The molecule has 0 aliphatic carbocycles. The molecule has 88 valence electrons. The van der Waals surface area contributed by atoms with E-state index in [9.17, 15) is 8.42 Å². The summed E-state index contributed by atoms with van der Waals surface area (Å²) in [5.41, 5.74) is 8.67. The second-order valence-electron chi connectivity index (χ2n) is 4.13. The molecule has 1 saturated heterocycles. The molecule has 0 spiro atoms.